The number of hydrogen-bond donors (Lipinski definition) is 0. The van der Waals surface area contributed by atoms with Crippen LogP contribution >= 0.6 is 0 Å². The Kier molecular flexibility index (Phi) is 6.49. The smallest absolute Gasteiger partial charge is 0.223 e. The van der Waals surface area contributed by atoms with Crippen LogP contribution in [-0.4, -0.2) is 73.0 Å². The first-order valence-electron chi connectivity index (χ1n) is 9.89. The minimum Gasteiger partial charge on any atom is -0.341 e. The third kappa shape index (κ3) is 5.05. The van der Waals surface area contributed by atoms with Gasteiger partial charge in [0.05, 0.1) is 0 Å². The molecule has 138 valence electrons. The molecule has 1 amide bonds. The summed E-state index contributed by atoms with van der Waals surface area (Å²) in [4.78, 5) is 20.1. The van der Waals surface area contributed by atoms with Gasteiger partial charge < -0.3 is 9.80 Å². The van der Waals surface area contributed by atoms with Gasteiger partial charge in [-0.05, 0) is 31.4 Å². The molecule has 25 heavy (non-hydrogen) atoms. The molecule has 3 rings (SSSR count). The van der Waals surface area contributed by atoms with Crippen LogP contribution in [0.5, 0.6) is 0 Å². The number of likely N-dealkylation sites (tertiary alicyclic amines) is 1. The first-order chi connectivity index (χ1) is 12.1. The lowest BCUT2D eigenvalue weighted by atomic mass is 9.97. The van der Waals surface area contributed by atoms with Crippen LogP contribution in [0.1, 0.15) is 44.1 Å². The van der Waals surface area contributed by atoms with Crippen molar-refractivity contribution < 1.29 is 4.79 Å². The Morgan fingerprint density at radius 2 is 1.80 bits per heavy atom. The van der Waals surface area contributed by atoms with E-state index in [1.165, 1.54) is 18.4 Å². The number of nitrogens with zero attached hydrogens (tertiary/aromatic N) is 3. The van der Waals surface area contributed by atoms with E-state index >= 15 is 0 Å². The van der Waals surface area contributed by atoms with E-state index in [9.17, 15) is 4.79 Å². The Labute approximate surface area is 152 Å². The Morgan fingerprint density at radius 1 is 1.08 bits per heavy atom. The van der Waals surface area contributed by atoms with Gasteiger partial charge in [-0.2, -0.15) is 0 Å². The molecule has 2 saturated heterocycles. The zero-order valence-electron chi connectivity index (χ0n) is 15.9. The van der Waals surface area contributed by atoms with Crippen molar-refractivity contribution in [1.82, 2.24) is 14.7 Å². The molecule has 0 bridgehead atoms. The van der Waals surface area contributed by atoms with Crippen molar-refractivity contribution in [3.8, 4) is 0 Å². The fraction of sp³-hybridized carbons (Fsp3) is 0.667. The van der Waals surface area contributed by atoms with Crippen molar-refractivity contribution >= 4 is 5.91 Å². The van der Waals surface area contributed by atoms with E-state index in [2.05, 4.69) is 52.9 Å². The number of likely N-dealkylation sites (N-methyl/N-ethyl adjacent to an activating group) is 1. The van der Waals surface area contributed by atoms with Crippen LogP contribution < -0.4 is 0 Å². The number of amides is 1. The van der Waals surface area contributed by atoms with Crippen LogP contribution in [0, 0.1) is 0 Å². The summed E-state index contributed by atoms with van der Waals surface area (Å²) in [6.45, 7) is 8.61. The monoisotopic (exact) mass is 343 g/mol. The van der Waals surface area contributed by atoms with Gasteiger partial charge in [0.25, 0.3) is 0 Å². The molecule has 2 heterocycles. The van der Waals surface area contributed by atoms with Crippen molar-refractivity contribution in [2.45, 2.75) is 44.6 Å². The molecule has 2 aliphatic rings. The van der Waals surface area contributed by atoms with E-state index in [-0.39, 0.29) is 0 Å². The van der Waals surface area contributed by atoms with Gasteiger partial charge in [-0.15, -0.1) is 0 Å². The normalized spacial score (nSPS) is 24.7. The zero-order chi connectivity index (χ0) is 17.6. The minimum atomic E-state index is 0.291. The average molecular weight is 344 g/mol. The summed E-state index contributed by atoms with van der Waals surface area (Å²) in [5.74, 6) is 0.622. The second-order valence-corrected chi connectivity index (χ2v) is 7.84. The summed E-state index contributed by atoms with van der Waals surface area (Å²) in [6, 6.07) is 11.0. The van der Waals surface area contributed by atoms with Gasteiger partial charge in [0.1, 0.15) is 0 Å². The molecule has 2 fully saturated rings. The number of carbonyl (C=O) groups is 1. The Morgan fingerprint density at radius 3 is 2.52 bits per heavy atom. The molecule has 0 spiro atoms. The predicted molar refractivity (Wildman–Crippen MR) is 103 cm³/mol. The van der Waals surface area contributed by atoms with Crippen LogP contribution in [0.2, 0.25) is 0 Å². The minimum absolute atomic E-state index is 0.291. The van der Waals surface area contributed by atoms with Gasteiger partial charge in [0.15, 0.2) is 0 Å². The molecule has 2 aliphatic heterocycles. The molecule has 1 aromatic carbocycles. The van der Waals surface area contributed by atoms with Crippen LogP contribution in [0.4, 0.5) is 0 Å². The Bertz CT molecular complexity index is 539. The maximum atomic E-state index is 12.9. The highest BCUT2D eigenvalue weighted by molar-refractivity contribution is 5.77. The largest absolute Gasteiger partial charge is 0.341 e. The summed E-state index contributed by atoms with van der Waals surface area (Å²) in [7, 11) is 2.20. The molecule has 0 aromatic heterocycles. The van der Waals surface area contributed by atoms with Gasteiger partial charge in [-0.25, -0.2) is 0 Å². The molecule has 4 heteroatoms. The summed E-state index contributed by atoms with van der Waals surface area (Å²) in [6.07, 6.45) is 4.26. The zero-order valence-corrected chi connectivity index (χ0v) is 15.9. The molecule has 4 nitrogen and oxygen atoms in total. The quantitative estimate of drug-likeness (QED) is 0.841. The van der Waals surface area contributed by atoms with E-state index in [0.717, 1.165) is 45.7 Å². The molecule has 0 aliphatic carbocycles. The number of carbonyl (C=O) groups excluding carboxylic acids is 1. The lowest BCUT2D eigenvalue weighted by Gasteiger charge is -2.39. The number of benzene rings is 1. The summed E-state index contributed by atoms with van der Waals surface area (Å²) in [5.41, 5.74) is 1.27. The van der Waals surface area contributed by atoms with Crippen molar-refractivity contribution in [2.24, 2.45) is 0 Å². The van der Waals surface area contributed by atoms with E-state index < -0.39 is 0 Å². The topological polar surface area (TPSA) is 26.8 Å². The first-order valence-corrected chi connectivity index (χ1v) is 9.89. The maximum Gasteiger partial charge on any atom is 0.223 e. The van der Waals surface area contributed by atoms with Crippen LogP contribution in [-0.2, 0) is 4.79 Å². The van der Waals surface area contributed by atoms with Crippen molar-refractivity contribution in [3.05, 3.63) is 35.9 Å². The Balaban J connectivity index is 1.57. The third-order valence-electron chi connectivity index (χ3n) is 5.90. The third-order valence-corrected chi connectivity index (χ3v) is 5.90. The average Bonchev–Trinajstić information content (AvgIpc) is 2.89. The van der Waals surface area contributed by atoms with Crippen LogP contribution in [0.15, 0.2) is 30.3 Å². The molecular formula is C21H33N3O. The van der Waals surface area contributed by atoms with Gasteiger partial charge in [0.2, 0.25) is 5.91 Å². The van der Waals surface area contributed by atoms with E-state index in [1.54, 1.807) is 0 Å². The summed E-state index contributed by atoms with van der Waals surface area (Å²) < 4.78 is 0. The van der Waals surface area contributed by atoms with Gasteiger partial charge in [-0.3, -0.25) is 9.69 Å². The fourth-order valence-corrected chi connectivity index (χ4v) is 4.12. The lowest BCUT2D eigenvalue weighted by Crippen LogP contribution is -2.52. The summed E-state index contributed by atoms with van der Waals surface area (Å²) in [5, 5.41) is 0. The number of hydrogen-bond acceptors (Lipinski definition) is 3. The van der Waals surface area contributed by atoms with Gasteiger partial charge >= 0.3 is 0 Å². The molecule has 0 N–H and O–H groups in total. The van der Waals surface area contributed by atoms with Gasteiger partial charge in [-0.1, -0.05) is 43.7 Å². The molecule has 0 radical (unpaired) electrons. The first kappa shape index (κ1) is 18.4. The lowest BCUT2D eigenvalue weighted by molar-refractivity contribution is -0.132. The highest BCUT2D eigenvalue weighted by atomic mass is 16.2. The van der Waals surface area contributed by atoms with Crippen LogP contribution in [0.3, 0.4) is 0 Å². The van der Waals surface area contributed by atoms with E-state index in [0.29, 0.717) is 24.3 Å². The second-order valence-electron chi connectivity index (χ2n) is 7.84. The Hall–Kier alpha value is -1.39. The number of rotatable bonds is 4. The highest BCUT2D eigenvalue weighted by Gasteiger charge is 2.28. The maximum absolute atomic E-state index is 12.9. The number of piperazine rings is 1. The molecule has 2 atom stereocenters. The van der Waals surface area contributed by atoms with E-state index in [4.69, 9.17) is 0 Å². The highest BCUT2D eigenvalue weighted by Crippen LogP contribution is 2.22. The SMILES string of the molecule is CC(CC(=O)N1CCCCC(N2CCN(C)CC2)C1)c1ccccc1. The molecule has 2 unspecified atom stereocenters. The van der Waals surface area contributed by atoms with Crippen molar-refractivity contribution in [1.29, 1.82) is 0 Å². The van der Waals surface area contributed by atoms with E-state index in [1.807, 2.05) is 6.07 Å². The molecule has 0 saturated carbocycles. The molecule has 1 aromatic rings. The second kappa shape index (κ2) is 8.81. The standard InChI is InChI=1S/C21H33N3O/c1-18(19-8-4-3-5-9-19)16-21(25)24-11-7-6-10-20(17-24)23-14-12-22(2)13-15-23/h3-5,8-9,18,20H,6-7,10-17H2,1-2H3. The molecular weight excluding hydrogens is 310 g/mol. The van der Waals surface area contributed by atoms with Gasteiger partial charge in [0, 0.05) is 51.7 Å². The predicted octanol–water partition coefficient (Wildman–Crippen LogP) is 2.81. The fourth-order valence-electron chi connectivity index (χ4n) is 4.12. The van der Waals surface area contributed by atoms with Crippen molar-refractivity contribution in [3.63, 3.8) is 0 Å². The summed E-state index contributed by atoms with van der Waals surface area (Å²) >= 11 is 0. The van der Waals surface area contributed by atoms with Crippen molar-refractivity contribution in [2.75, 3.05) is 46.3 Å². The van der Waals surface area contributed by atoms with Crippen LogP contribution in [0.25, 0.3) is 0 Å².